The topological polar surface area (TPSA) is 128 Å². The number of nitro groups is 1. The Bertz CT molecular complexity index is 889. The molecule has 3 N–H and O–H groups in total. The number of rotatable bonds is 5. The van der Waals surface area contributed by atoms with Crippen LogP contribution in [0.2, 0.25) is 0 Å². The first-order valence-electron chi connectivity index (χ1n) is 7.91. The molecule has 0 aromatic heterocycles. The lowest BCUT2D eigenvalue weighted by molar-refractivity contribution is -0.384. The third kappa shape index (κ3) is 3.16. The van der Waals surface area contributed by atoms with Gasteiger partial charge in [-0.1, -0.05) is 19.9 Å². The van der Waals surface area contributed by atoms with E-state index in [1.165, 1.54) is 12.1 Å². The largest absolute Gasteiger partial charge is 0.295 e. The lowest BCUT2D eigenvalue weighted by Crippen LogP contribution is -2.48. The Morgan fingerprint density at radius 3 is 2.72 bits per heavy atom. The van der Waals surface area contributed by atoms with Crippen molar-refractivity contribution in [3.05, 3.63) is 40.0 Å². The second kappa shape index (κ2) is 5.92. The van der Waals surface area contributed by atoms with Gasteiger partial charge in [0.05, 0.1) is 16.0 Å². The van der Waals surface area contributed by atoms with Crippen LogP contribution in [0.5, 0.6) is 0 Å². The maximum absolute atomic E-state index is 11.3. The normalized spacial score (nSPS) is 24.5. The van der Waals surface area contributed by atoms with Gasteiger partial charge in [-0.25, -0.2) is 13.6 Å². The van der Waals surface area contributed by atoms with Crippen molar-refractivity contribution in [1.29, 1.82) is 0 Å². The number of hydrogen-bond donors (Lipinski definition) is 2. The Kier molecular flexibility index (Phi) is 4.16. The number of nitrogens with zero attached hydrogens (tertiary/aromatic N) is 2. The monoisotopic (exact) mass is 364 g/mol. The van der Waals surface area contributed by atoms with E-state index < -0.39 is 20.6 Å². The predicted octanol–water partition coefficient (Wildman–Crippen LogP) is 2.63. The summed E-state index contributed by atoms with van der Waals surface area (Å²) in [7, 11) is -4.01. The van der Waals surface area contributed by atoms with Crippen LogP contribution in [-0.4, -0.2) is 19.6 Å². The summed E-state index contributed by atoms with van der Waals surface area (Å²) >= 11 is 0. The number of benzene rings is 1. The maximum Gasteiger partial charge on any atom is 0.295 e. The molecule has 3 aliphatic rings. The zero-order valence-corrected chi connectivity index (χ0v) is 14.8. The van der Waals surface area contributed by atoms with Crippen molar-refractivity contribution in [2.75, 3.05) is 5.43 Å². The van der Waals surface area contributed by atoms with Crippen LogP contribution in [0, 0.1) is 27.4 Å². The Balaban J connectivity index is 1.79. The Hall–Kier alpha value is -2.26. The molecule has 4 rings (SSSR count). The summed E-state index contributed by atoms with van der Waals surface area (Å²) in [5.74, 6) is 1.17. The maximum atomic E-state index is 11.3. The van der Waals surface area contributed by atoms with Crippen molar-refractivity contribution in [2.45, 2.75) is 31.6 Å². The summed E-state index contributed by atoms with van der Waals surface area (Å²) in [5.41, 5.74) is 3.74. The number of fused-ring (bicyclic) bond motifs is 1. The van der Waals surface area contributed by atoms with Gasteiger partial charge in [-0.2, -0.15) is 5.10 Å². The van der Waals surface area contributed by atoms with Gasteiger partial charge < -0.3 is 0 Å². The van der Waals surface area contributed by atoms with Crippen molar-refractivity contribution < 1.29 is 13.3 Å². The quantitative estimate of drug-likeness (QED) is 0.471. The zero-order chi connectivity index (χ0) is 18.4. The van der Waals surface area contributed by atoms with Crippen LogP contribution in [-0.2, 0) is 10.0 Å². The van der Waals surface area contributed by atoms with E-state index in [4.69, 9.17) is 5.14 Å². The van der Waals surface area contributed by atoms with Crippen LogP contribution in [0.15, 0.2) is 39.8 Å². The fourth-order valence-electron chi connectivity index (χ4n) is 3.66. The number of anilines is 1. The minimum atomic E-state index is -4.01. The SMILES string of the molecule is CC1(C)[C@H]2CC=C(C=NNc3ccc(S(N)(=O)=O)cc3[N+](=O)[O-])[C@H]1C2. The molecule has 1 fully saturated rings. The number of nitrogens with two attached hydrogens (primary N) is 1. The minimum absolute atomic E-state index is 0.107. The highest BCUT2D eigenvalue weighted by atomic mass is 32.2. The van der Waals surface area contributed by atoms with Crippen molar-refractivity contribution >= 4 is 27.6 Å². The lowest BCUT2D eigenvalue weighted by Gasteiger charge is -2.55. The lowest BCUT2D eigenvalue weighted by atomic mass is 9.49. The van der Waals surface area contributed by atoms with Gasteiger partial charge in [0.2, 0.25) is 10.0 Å². The number of allylic oxidation sites excluding steroid dienone is 2. The van der Waals surface area contributed by atoms with Gasteiger partial charge in [0, 0.05) is 6.07 Å². The highest BCUT2D eigenvalue weighted by Gasteiger charge is 2.50. The molecule has 2 bridgehead atoms. The van der Waals surface area contributed by atoms with Crippen LogP contribution in [0.4, 0.5) is 11.4 Å². The molecule has 0 aliphatic heterocycles. The molecule has 0 saturated heterocycles. The minimum Gasteiger partial charge on any atom is -0.272 e. The molecule has 9 heteroatoms. The Morgan fingerprint density at radius 1 is 1.44 bits per heavy atom. The molecule has 0 amide bonds. The van der Waals surface area contributed by atoms with E-state index in [1.807, 2.05) is 0 Å². The first-order chi connectivity index (χ1) is 11.6. The second-order valence-electron chi connectivity index (χ2n) is 7.10. The number of hydrogen-bond acceptors (Lipinski definition) is 6. The number of nitro benzene ring substituents is 1. The molecule has 3 aliphatic carbocycles. The van der Waals surface area contributed by atoms with Crippen molar-refractivity contribution in [3.63, 3.8) is 0 Å². The molecule has 8 nitrogen and oxygen atoms in total. The molecule has 0 heterocycles. The summed E-state index contributed by atoms with van der Waals surface area (Å²) < 4.78 is 22.7. The van der Waals surface area contributed by atoms with Gasteiger partial charge in [-0.3, -0.25) is 15.5 Å². The van der Waals surface area contributed by atoms with Gasteiger partial charge in [0.1, 0.15) is 5.69 Å². The number of sulfonamides is 1. The van der Waals surface area contributed by atoms with Gasteiger partial charge in [-0.15, -0.1) is 0 Å². The van der Waals surface area contributed by atoms with Crippen molar-refractivity contribution in [1.82, 2.24) is 0 Å². The third-order valence-corrected chi connectivity index (χ3v) is 6.32. The van der Waals surface area contributed by atoms with Crippen LogP contribution >= 0.6 is 0 Å². The van der Waals surface area contributed by atoms with Crippen LogP contribution in [0.25, 0.3) is 0 Å². The summed E-state index contributed by atoms with van der Waals surface area (Å²) in [6.45, 7) is 4.49. The number of nitrogens with one attached hydrogen (secondary N) is 1. The van der Waals surface area contributed by atoms with E-state index in [2.05, 4.69) is 30.5 Å². The Labute approximate surface area is 146 Å². The van der Waals surface area contributed by atoms with Crippen LogP contribution in [0.3, 0.4) is 0 Å². The van der Waals surface area contributed by atoms with E-state index in [9.17, 15) is 18.5 Å². The molecule has 25 heavy (non-hydrogen) atoms. The molecule has 0 radical (unpaired) electrons. The molecule has 2 atom stereocenters. The first-order valence-corrected chi connectivity index (χ1v) is 9.45. The second-order valence-corrected chi connectivity index (χ2v) is 8.66. The average molecular weight is 364 g/mol. The first kappa shape index (κ1) is 17.6. The smallest absolute Gasteiger partial charge is 0.272 e. The van der Waals surface area contributed by atoms with E-state index in [1.54, 1.807) is 6.21 Å². The third-order valence-electron chi connectivity index (χ3n) is 5.40. The predicted molar refractivity (Wildman–Crippen MR) is 94.7 cm³/mol. The number of primary sulfonamides is 1. The zero-order valence-electron chi connectivity index (χ0n) is 14.0. The molecule has 1 aromatic carbocycles. The van der Waals surface area contributed by atoms with Gasteiger partial charge in [-0.05, 0) is 47.8 Å². The Morgan fingerprint density at radius 2 is 2.16 bits per heavy atom. The van der Waals surface area contributed by atoms with Crippen molar-refractivity contribution in [3.8, 4) is 0 Å². The van der Waals surface area contributed by atoms with Crippen LogP contribution in [0.1, 0.15) is 26.7 Å². The summed E-state index contributed by atoms with van der Waals surface area (Å²) in [4.78, 5) is 10.2. The molecule has 1 saturated carbocycles. The van der Waals surface area contributed by atoms with E-state index >= 15 is 0 Å². The molecule has 0 spiro atoms. The molecular weight excluding hydrogens is 344 g/mol. The fraction of sp³-hybridized carbons (Fsp3) is 0.438. The van der Waals surface area contributed by atoms with E-state index in [-0.39, 0.29) is 16.0 Å². The summed E-state index contributed by atoms with van der Waals surface area (Å²) in [6, 6.07) is 3.42. The number of hydrazone groups is 1. The highest BCUT2D eigenvalue weighted by Crippen LogP contribution is 2.58. The molecule has 1 aromatic rings. The van der Waals surface area contributed by atoms with Gasteiger partial charge in [0.15, 0.2) is 0 Å². The van der Waals surface area contributed by atoms with Gasteiger partial charge in [0.25, 0.3) is 5.69 Å². The summed E-state index contributed by atoms with van der Waals surface area (Å²) in [5, 5.41) is 20.3. The van der Waals surface area contributed by atoms with Crippen LogP contribution < -0.4 is 10.6 Å². The van der Waals surface area contributed by atoms with Gasteiger partial charge >= 0.3 is 0 Å². The van der Waals surface area contributed by atoms with Crippen molar-refractivity contribution in [2.24, 2.45) is 27.5 Å². The molecular formula is C16H20N4O4S. The standard InChI is InChI=1S/C16H20N4O4S/c1-16(2)11-4-3-10(13(16)7-11)9-18-19-14-6-5-12(25(17,23)24)8-15(14)20(21)22/h3,5-6,8-9,11,13,19H,4,7H2,1-2H3,(H2,17,23,24)/t11-,13+/m0/s1. The van der Waals surface area contributed by atoms with E-state index in [0.717, 1.165) is 30.4 Å². The molecule has 134 valence electrons. The molecule has 0 unspecified atom stereocenters. The highest BCUT2D eigenvalue weighted by molar-refractivity contribution is 7.89. The van der Waals surface area contributed by atoms with E-state index in [0.29, 0.717) is 5.92 Å². The summed E-state index contributed by atoms with van der Waals surface area (Å²) in [6.07, 6.45) is 6.02. The fourth-order valence-corrected chi connectivity index (χ4v) is 4.19. The average Bonchev–Trinajstić information content (AvgIpc) is 2.53.